The first-order valence-electron chi connectivity index (χ1n) is 13.4. The highest BCUT2D eigenvalue weighted by Crippen LogP contribution is 2.28. The number of rotatable bonds is 10. The maximum atomic E-state index is 13.2. The molecule has 4 aromatic rings. The van der Waals surface area contributed by atoms with Crippen LogP contribution in [0.5, 0.6) is 0 Å². The zero-order valence-electron chi connectivity index (χ0n) is 22.8. The van der Waals surface area contributed by atoms with Gasteiger partial charge in [0.2, 0.25) is 0 Å². The topological polar surface area (TPSA) is 156 Å². The van der Waals surface area contributed by atoms with E-state index in [0.717, 1.165) is 11.1 Å². The SMILES string of the molecule is O=C(Nc1ccc(CC(NC(=O)C2OCOC2C(=O)Nc2ccccc2-c2ccccc2)C(=O)O)cc1)c1cccnc1. The molecule has 3 unspecified atom stereocenters. The normalized spacial score (nSPS) is 16.6. The van der Waals surface area contributed by atoms with Gasteiger partial charge >= 0.3 is 5.97 Å². The molecule has 5 rings (SSSR count). The van der Waals surface area contributed by atoms with Gasteiger partial charge in [-0.2, -0.15) is 0 Å². The van der Waals surface area contributed by atoms with Crippen molar-refractivity contribution in [3.8, 4) is 11.1 Å². The smallest absolute Gasteiger partial charge is 0.326 e. The van der Waals surface area contributed by atoms with Gasteiger partial charge in [0.25, 0.3) is 17.7 Å². The van der Waals surface area contributed by atoms with E-state index in [2.05, 4.69) is 20.9 Å². The lowest BCUT2D eigenvalue weighted by atomic mass is 10.0. The molecule has 0 bridgehead atoms. The Bertz CT molecular complexity index is 1600. The number of nitrogens with zero attached hydrogens (tertiary/aromatic N) is 1. The molecule has 0 spiro atoms. The van der Waals surface area contributed by atoms with E-state index in [4.69, 9.17) is 9.47 Å². The summed E-state index contributed by atoms with van der Waals surface area (Å²) in [5.74, 6) is -2.99. The molecule has 3 atom stereocenters. The summed E-state index contributed by atoms with van der Waals surface area (Å²) in [4.78, 5) is 54.6. The molecule has 3 aromatic carbocycles. The van der Waals surface area contributed by atoms with Crippen LogP contribution in [0.15, 0.2) is 103 Å². The molecule has 11 heteroatoms. The van der Waals surface area contributed by atoms with Crippen molar-refractivity contribution in [1.29, 1.82) is 0 Å². The number of pyridine rings is 1. The van der Waals surface area contributed by atoms with Crippen molar-refractivity contribution in [3.05, 3.63) is 115 Å². The van der Waals surface area contributed by atoms with Crippen LogP contribution in [0.3, 0.4) is 0 Å². The summed E-state index contributed by atoms with van der Waals surface area (Å²) in [6.45, 7) is -0.305. The summed E-state index contributed by atoms with van der Waals surface area (Å²) in [5, 5.41) is 17.8. The third-order valence-corrected chi connectivity index (χ3v) is 6.75. The van der Waals surface area contributed by atoms with E-state index in [0.29, 0.717) is 22.5 Å². The number of aliphatic carboxylic acids is 1. The van der Waals surface area contributed by atoms with Crippen LogP contribution in [-0.2, 0) is 30.3 Å². The van der Waals surface area contributed by atoms with Crippen molar-refractivity contribution in [2.45, 2.75) is 24.7 Å². The third kappa shape index (κ3) is 7.28. The second kappa shape index (κ2) is 13.5. The van der Waals surface area contributed by atoms with Gasteiger partial charge in [0.1, 0.15) is 12.8 Å². The van der Waals surface area contributed by atoms with Gasteiger partial charge in [-0.15, -0.1) is 0 Å². The lowest BCUT2D eigenvalue weighted by Crippen LogP contribution is -2.51. The molecule has 1 aliphatic heterocycles. The fourth-order valence-corrected chi connectivity index (χ4v) is 4.57. The molecule has 0 saturated carbocycles. The van der Waals surface area contributed by atoms with E-state index in [9.17, 15) is 24.3 Å². The molecule has 2 heterocycles. The molecular weight excluding hydrogens is 552 g/mol. The molecule has 0 aliphatic carbocycles. The summed E-state index contributed by atoms with van der Waals surface area (Å²) in [5.41, 5.74) is 3.70. The van der Waals surface area contributed by atoms with Crippen molar-refractivity contribution in [2.24, 2.45) is 0 Å². The first-order valence-corrected chi connectivity index (χ1v) is 13.4. The average molecular weight is 581 g/mol. The van der Waals surface area contributed by atoms with Crippen molar-refractivity contribution >= 4 is 35.1 Å². The second-order valence-electron chi connectivity index (χ2n) is 9.69. The van der Waals surface area contributed by atoms with E-state index in [-0.39, 0.29) is 19.1 Å². The van der Waals surface area contributed by atoms with Gasteiger partial charge in [0.05, 0.1) is 5.56 Å². The van der Waals surface area contributed by atoms with Crippen molar-refractivity contribution in [3.63, 3.8) is 0 Å². The van der Waals surface area contributed by atoms with Crippen molar-refractivity contribution in [1.82, 2.24) is 10.3 Å². The second-order valence-corrected chi connectivity index (χ2v) is 9.69. The number of hydrogen-bond donors (Lipinski definition) is 4. The predicted molar refractivity (Wildman–Crippen MR) is 157 cm³/mol. The van der Waals surface area contributed by atoms with Crippen LogP contribution in [0.25, 0.3) is 11.1 Å². The number of ether oxygens (including phenoxy) is 2. The third-order valence-electron chi connectivity index (χ3n) is 6.75. The van der Waals surface area contributed by atoms with E-state index in [1.54, 1.807) is 54.7 Å². The minimum absolute atomic E-state index is 0.0488. The zero-order valence-corrected chi connectivity index (χ0v) is 22.8. The van der Waals surface area contributed by atoms with Crippen LogP contribution in [0.4, 0.5) is 11.4 Å². The van der Waals surface area contributed by atoms with E-state index >= 15 is 0 Å². The minimum Gasteiger partial charge on any atom is -0.480 e. The van der Waals surface area contributed by atoms with Crippen molar-refractivity contribution < 1.29 is 33.8 Å². The van der Waals surface area contributed by atoms with Crippen LogP contribution in [-0.4, -0.2) is 58.8 Å². The Hall–Kier alpha value is -5.39. The highest BCUT2D eigenvalue weighted by molar-refractivity contribution is 6.04. The van der Waals surface area contributed by atoms with Crippen molar-refractivity contribution in [2.75, 3.05) is 17.4 Å². The largest absolute Gasteiger partial charge is 0.480 e. The Morgan fingerprint density at radius 2 is 1.51 bits per heavy atom. The summed E-state index contributed by atoms with van der Waals surface area (Å²) >= 11 is 0. The molecule has 4 N–H and O–H groups in total. The van der Waals surface area contributed by atoms with Gasteiger partial charge in [-0.3, -0.25) is 19.4 Å². The number of amides is 3. The van der Waals surface area contributed by atoms with Gasteiger partial charge in [-0.25, -0.2) is 4.79 Å². The number of carbonyl (C=O) groups excluding carboxylic acids is 3. The average Bonchev–Trinajstić information content (AvgIpc) is 3.53. The van der Waals surface area contributed by atoms with Crippen LogP contribution in [0.2, 0.25) is 0 Å². The molecule has 11 nitrogen and oxygen atoms in total. The lowest BCUT2D eigenvalue weighted by molar-refractivity contribution is -0.144. The molecule has 0 radical (unpaired) electrons. The summed E-state index contributed by atoms with van der Waals surface area (Å²) in [6.07, 6.45) is 0.320. The van der Waals surface area contributed by atoms with Crippen LogP contribution in [0, 0.1) is 0 Å². The standard InChI is InChI=1S/C32H28N4O7/c37-29(22-9-6-16-33-18-22)34-23-14-12-20(13-15-23)17-26(32(40)41)36-31(39)28-27(42-19-43-28)30(38)35-25-11-5-4-10-24(25)21-7-2-1-3-8-21/h1-16,18,26-28H,17,19H2,(H,34,37)(H,35,38)(H,36,39)(H,40,41). The molecule has 1 fully saturated rings. The molecule has 1 saturated heterocycles. The number of benzene rings is 3. The Kier molecular flexibility index (Phi) is 9.15. The Balaban J connectivity index is 1.21. The maximum absolute atomic E-state index is 13.2. The maximum Gasteiger partial charge on any atom is 0.326 e. The molecular formula is C32H28N4O7. The van der Waals surface area contributed by atoms with Gasteiger partial charge in [0, 0.05) is 35.8 Å². The number of carboxylic acid groups (broad SMARTS) is 1. The summed E-state index contributed by atoms with van der Waals surface area (Å²) in [6, 6.07) is 25.2. The Morgan fingerprint density at radius 1 is 0.814 bits per heavy atom. The molecule has 1 aliphatic rings. The van der Waals surface area contributed by atoms with Gasteiger partial charge < -0.3 is 30.5 Å². The molecule has 218 valence electrons. The molecule has 1 aromatic heterocycles. The number of carboxylic acids is 1. The fourth-order valence-electron chi connectivity index (χ4n) is 4.57. The molecule has 3 amide bonds. The Morgan fingerprint density at radius 3 is 2.21 bits per heavy atom. The van der Waals surface area contributed by atoms with Crippen LogP contribution >= 0.6 is 0 Å². The van der Waals surface area contributed by atoms with E-state index in [1.165, 1.54) is 6.20 Å². The highest BCUT2D eigenvalue weighted by atomic mass is 16.7. The first kappa shape index (κ1) is 29.1. The first-order chi connectivity index (χ1) is 20.9. The Labute approximate surface area is 246 Å². The van der Waals surface area contributed by atoms with Crippen LogP contribution < -0.4 is 16.0 Å². The number of aromatic nitrogens is 1. The minimum atomic E-state index is -1.35. The number of para-hydroxylation sites is 1. The zero-order chi connectivity index (χ0) is 30.2. The number of nitrogens with one attached hydrogen (secondary N) is 3. The summed E-state index contributed by atoms with van der Waals surface area (Å²) < 4.78 is 10.8. The fraction of sp³-hybridized carbons (Fsp3) is 0.156. The van der Waals surface area contributed by atoms with Gasteiger partial charge in [0.15, 0.2) is 12.2 Å². The van der Waals surface area contributed by atoms with E-state index in [1.807, 2.05) is 42.5 Å². The number of carbonyl (C=O) groups is 4. The monoisotopic (exact) mass is 580 g/mol. The molecule has 43 heavy (non-hydrogen) atoms. The number of hydrogen-bond acceptors (Lipinski definition) is 7. The van der Waals surface area contributed by atoms with E-state index < -0.39 is 36.0 Å². The number of anilines is 2. The van der Waals surface area contributed by atoms with Gasteiger partial charge in [-0.1, -0.05) is 60.7 Å². The van der Waals surface area contributed by atoms with Crippen LogP contribution in [0.1, 0.15) is 15.9 Å². The summed E-state index contributed by atoms with van der Waals surface area (Å²) in [7, 11) is 0. The van der Waals surface area contributed by atoms with Gasteiger partial charge in [-0.05, 0) is 41.5 Å². The lowest BCUT2D eigenvalue weighted by Gasteiger charge is -2.20. The quantitative estimate of drug-likeness (QED) is 0.222. The highest BCUT2D eigenvalue weighted by Gasteiger charge is 2.42. The predicted octanol–water partition coefficient (Wildman–Crippen LogP) is 3.49.